The van der Waals surface area contributed by atoms with Gasteiger partial charge in [0.05, 0.1) is 0 Å². The van der Waals surface area contributed by atoms with E-state index in [1.807, 2.05) is 48.5 Å². The topological polar surface area (TPSA) is 39.9 Å². The van der Waals surface area contributed by atoms with Crippen molar-refractivity contribution < 1.29 is 4.84 Å². The second-order valence-electron chi connectivity index (χ2n) is 5.81. The zero-order valence-electron chi connectivity index (χ0n) is 13.7. The van der Waals surface area contributed by atoms with Crippen molar-refractivity contribution in [3.63, 3.8) is 0 Å². The van der Waals surface area contributed by atoms with Gasteiger partial charge in [-0.2, -0.15) is 4.73 Å². The maximum atomic E-state index is 6.24. The molecule has 4 nitrogen and oxygen atoms in total. The van der Waals surface area contributed by atoms with Crippen molar-refractivity contribution in [2.24, 2.45) is 0 Å². The van der Waals surface area contributed by atoms with E-state index >= 15 is 0 Å². The Morgan fingerprint density at radius 3 is 2.60 bits per heavy atom. The Bertz CT molecular complexity index is 1020. The summed E-state index contributed by atoms with van der Waals surface area (Å²) in [7, 11) is 0. The number of aromatic nitrogens is 3. The number of aryl methyl sites for hydroxylation is 1. The average Bonchev–Trinajstić information content (AvgIpc) is 3.00. The first-order valence-corrected chi connectivity index (χ1v) is 8.37. The first-order chi connectivity index (χ1) is 12.2. The molecule has 0 aliphatic rings. The van der Waals surface area contributed by atoms with E-state index in [4.69, 9.17) is 16.4 Å². The van der Waals surface area contributed by atoms with Gasteiger partial charge in [-0.1, -0.05) is 59.6 Å². The highest BCUT2D eigenvalue weighted by Gasteiger charge is 2.15. The molecule has 0 aliphatic carbocycles. The molecule has 4 rings (SSSR count). The first-order valence-electron chi connectivity index (χ1n) is 7.99. The predicted molar refractivity (Wildman–Crippen MR) is 99.4 cm³/mol. The molecule has 5 heteroatoms. The minimum Gasteiger partial charge on any atom is -0.407 e. The summed E-state index contributed by atoms with van der Waals surface area (Å²) in [6.07, 6.45) is 1.73. The van der Waals surface area contributed by atoms with Gasteiger partial charge in [-0.3, -0.25) is 0 Å². The van der Waals surface area contributed by atoms with Crippen molar-refractivity contribution in [3.8, 4) is 11.4 Å². The molecule has 2 aromatic carbocycles. The number of halogens is 1. The highest BCUT2D eigenvalue weighted by atomic mass is 35.5. The summed E-state index contributed by atoms with van der Waals surface area (Å²) in [5.74, 6) is 0.723. The number of imidazole rings is 1. The summed E-state index contributed by atoms with van der Waals surface area (Å²) in [6.45, 7) is 2.40. The summed E-state index contributed by atoms with van der Waals surface area (Å²) < 4.78 is 1.73. The van der Waals surface area contributed by atoms with Gasteiger partial charge < -0.3 is 4.84 Å². The number of hydrogen-bond donors (Lipinski definition) is 0. The molecule has 0 radical (unpaired) electrons. The minimum atomic E-state index is 0.346. The molecule has 0 spiro atoms. The third kappa shape index (κ3) is 3.08. The third-order valence-corrected chi connectivity index (χ3v) is 4.37. The van der Waals surface area contributed by atoms with Gasteiger partial charge in [-0.15, -0.1) is 0 Å². The van der Waals surface area contributed by atoms with Crippen LogP contribution in [0, 0.1) is 6.92 Å². The van der Waals surface area contributed by atoms with E-state index in [9.17, 15) is 0 Å². The van der Waals surface area contributed by atoms with E-state index in [1.54, 1.807) is 10.9 Å². The molecule has 0 saturated carbocycles. The molecular formula is C20H16ClN3O. The molecular weight excluding hydrogens is 334 g/mol. The summed E-state index contributed by atoms with van der Waals surface area (Å²) in [6, 6.07) is 19.6. The molecule has 2 aromatic heterocycles. The average molecular weight is 350 g/mol. The molecule has 0 bridgehead atoms. The number of hydrogen-bond acceptors (Lipinski definition) is 3. The lowest BCUT2D eigenvalue weighted by atomic mass is 10.1. The van der Waals surface area contributed by atoms with Gasteiger partial charge in [0, 0.05) is 22.3 Å². The van der Waals surface area contributed by atoms with Crippen LogP contribution in [0.3, 0.4) is 0 Å². The lowest BCUT2D eigenvalue weighted by molar-refractivity contribution is 0.110. The number of pyridine rings is 1. The van der Waals surface area contributed by atoms with Crippen molar-refractivity contribution in [3.05, 3.63) is 83.0 Å². The van der Waals surface area contributed by atoms with Crippen LogP contribution in [0.4, 0.5) is 0 Å². The van der Waals surface area contributed by atoms with E-state index in [2.05, 4.69) is 29.0 Å². The summed E-state index contributed by atoms with van der Waals surface area (Å²) in [5.41, 5.74) is 4.57. The van der Waals surface area contributed by atoms with Crippen molar-refractivity contribution in [1.29, 1.82) is 0 Å². The first kappa shape index (κ1) is 15.7. The van der Waals surface area contributed by atoms with Crippen LogP contribution in [-0.2, 0) is 6.61 Å². The van der Waals surface area contributed by atoms with Gasteiger partial charge in [0.15, 0.2) is 11.5 Å². The lowest BCUT2D eigenvalue weighted by Gasteiger charge is -2.12. The largest absolute Gasteiger partial charge is 0.407 e. The van der Waals surface area contributed by atoms with E-state index < -0.39 is 0 Å². The van der Waals surface area contributed by atoms with Crippen LogP contribution in [-0.4, -0.2) is 14.7 Å². The van der Waals surface area contributed by atoms with E-state index in [0.29, 0.717) is 17.3 Å². The Kier molecular flexibility index (Phi) is 4.12. The fourth-order valence-corrected chi connectivity index (χ4v) is 2.85. The Balaban J connectivity index is 1.77. The monoisotopic (exact) mass is 349 g/mol. The molecule has 124 valence electrons. The number of fused-ring (bicyclic) bond motifs is 1. The molecule has 0 atom stereocenters. The Hall–Kier alpha value is -2.85. The Morgan fingerprint density at radius 2 is 1.80 bits per heavy atom. The van der Waals surface area contributed by atoms with E-state index in [-0.39, 0.29) is 0 Å². The van der Waals surface area contributed by atoms with Crippen LogP contribution in [0.25, 0.3) is 22.6 Å². The summed E-state index contributed by atoms with van der Waals surface area (Å²) in [5, 5.41) is 0.682. The van der Waals surface area contributed by atoms with Gasteiger partial charge in [-0.25, -0.2) is 9.97 Å². The van der Waals surface area contributed by atoms with E-state index in [1.165, 1.54) is 5.56 Å². The van der Waals surface area contributed by atoms with E-state index in [0.717, 1.165) is 22.5 Å². The number of nitrogens with zero attached hydrogens (tertiary/aromatic N) is 3. The summed E-state index contributed by atoms with van der Waals surface area (Å²) in [4.78, 5) is 15.1. The van der Waals surface area contributed by atoms with Gasteiger partial charge >= 0.3 is 0 Å². The molecule has 0 fully saturated rings. The fraction of sp³-hybridized carbons (Fsp3) is 0.100. The molecule has 0 unspecified atom stereocenters. The fourth-order valence-electron chi connectivity index (χ4n) is 2.66. The zero-order chi connectivity index (χ0) is 17.2. The lowest BCUT2D eigenvalue weighted by Crippen LogP contribution is -2.13. The van der Waals surface area contributed by atoms with Crippen LogP contribution in [0.1, 0.15) is 11.1 Å². The zero-order valence-corrected chi connectivity index (χ0v) is 14.4. The van der Waals surface area contributed by atoms with Gasteiger partial charge in [0.2, 0.25) is 0 Å². The van der Waals surface area contributed by atoms with Crippen LogP contribution < -0.4 is 4.84 Å². The molecule has 0 saturated heterocycles. The van der Waals surface area contributed by atoms with Crippen molar-refractivity contribution in [1.82, 2.24) is 14.7 Å². The van der Waals surface area contributed by atoms with Crippen LogP contribution >= 0.6 is 11.6 Å². The number of benzene rings is 2. The molecule has 25 heavy (non-hydrogen) atoms. The van der Waals surface area contributed by atoms with Gasteiger partial charge in [0.1, 0.15) is 12.1 Å². The molecule has 2 heterocycles. The molecule has 0 aliphatic heterocycles. The standard InChI is InChI=1S/C20H16ClN3O/c1-14-8-10-15(11-9-14)20-23-19-18(7-4-12-22-19)24(20)25-13-16-5-2-3-6-17(16)21/h2-12H,13H2,1H3. The smallest absolute Gasteiger partial charge is 0.181 e. The summed E-state index contributed by atoms with van der Waals surface area (Å²) >= 11 is 6.24. The highest BCUT2D eigenvalue weighted by Crippen LogP contribution is 2.24. The van der Waals surface area contributed by atoms with Gasteiger partial charge in [-0.05, 0) is 25.1 Å². The molecule has 4 aromatic rings. The second-order valence-corrected chi connectivity index (χ2v) is 6.21. The third-order valence-electron chi connectivity index (χ3n) is 4.01. The van der Waals surface area contributed by atoms with Gasteiger partial charge in [0.25, 0.3) is 0 Å². The van der Waals surface area contributed by atoms with Crippen LogP contribution in [0.5, 0.6) is 0 Å². The maximum absolute atomic E-state index is 6.24. The van der Waals surface area contributed by atoms with Crippen LogP contribution in [0.15, 0.2) is 66.9 Å². The number of rotatable bonds is 4. The Morgan fingerprint density at radius 1 is 1.00 bits per heavy atom. The highest BCUT2D eigenvalue weighted by molar-refractivity contribution is 6.31. The maximum Gasteiger partial charge on any atom is 0.181 e. The van der Waals surface area contributed by atoms with Crippen molar-refractivity contribution >= 4 is 22.8 Å². The van der Waals surface area contributed by atoms with Crippen molar-refractivity contribution in [2.75, 3.05) is 0 Å². The van der Waals surface area contributed by atoms with Crippen molar-refractivity contribution in [2.45, 2.75) is 13.5 Å². The molecule has 0 N–H and O–H groups in total. The second kappa shape index (κ2) is 6.57. The quantitative estimate of drug-likeness (QED) is 0.536. The minimum absolute atomic E-state index is 0.346. The normalized spacial score (nSPS) is 11.0. The SMILES string of the molecule is Cc1ccc(-c2nc3ncccc3n2OCc2ccccc2Cl)cc1. The Labute approximate surface area is 150 Å². The predicted octanol–water partition coefficient (Wildman–Crippen LogP) is 4.69. The van der Waals surface area contributed by atoms with Crippen LogP contribution in [0.2, 0.25) is 5.02 Å². The molecule has 0 amide bonds.